The highest BCUT2D eigenvalue weighted by Crippen LogP contribution is 2.31. The molecule has 1 atom stereocenters. The molecule has 0 amide bonds. The van der Waals surface area contributed by atoms with Crippen LogP contribution in [0.4, 0.5) is 5.82 Å². The number of hydrogen-bond acceptors (Lipinski definition) is 6. The number of aromatic nitrogens is 2. The lowest BCUT2D eigenvalue weighted by molar-refractivity contribution is 0.0936. The maximum absolute atomic E-state index is 5.63. The maximum Gasteiger partial charge on any atom is 0.141 e. The molecule has 5 nitrogen and oxygen atoms in total. The van der Waals surface area contributed by atoms with Crippen molar-refractivity contribution >= 4 is 27.4 Å². The van der Waals surface area contributed by atoms with Gasteiger partial charge in [-0.1, -0.05) is 6.92 Å². The van der Waals surface area contributed by atoms with E-state index in [4.69, 9.17) is 4.74 Å². The third-order valence-electron chi connectivity index (χ3n) is 3.56. The molecule has 1 aliphatic heterocycles. The fraction of sp³-hybridized carbons (Fsp3) is 0.571. The van der Waals surface area contributed by atoms with Gasteiger partial charge in [-0.3, -0.25) is 0 Å². The number of fused-ring (bicyclic) bond motifs is 1. The molecule has 0 radical (unpaired) electrons. The Bertz CT molecular complexity index is 586. The number of thiophene rings is 1. The van der Waals surface area contributed by atoms with Gasteiger partial charge < -0.3 is 15.0 Å². The molecule has 0 bridgehead atoms. The standard InChI is InChI=1S/C14H20N4OS/c1-3-15-7-11-8-19-5-4-18(11)13-12-6-10(2)20-14(12)17-9-16-13/h6,9,11,15H,3-5,7-8H2,1-2H3. The molecule has 1 fully saturated rings. The second-order valence-electron chi connectivity index (χ2n) is 5.00. The van der Waals surface area contributed by atoms with Crippen molar-refractivity contribution in [3.8, 4) is 0 Å². The molecular weight excluding hydrogens is 272 g/mol. The molecule has 20 heavy (non-hydrogen) atoms. The van der Waals surface area contributed by atoms with E-state index < -0.39 is 0 Å². The Morgan fingerprint density at radius 1 is 1.50 bits per heavy atom. The molecule has 1 N–H and O–H groups in total. The van der Waals surface area contributed by atoms with Crippen molar-refractivity contribution in [3.63, 3.8) is 0 Å². The Kier molecular flexibility index (Phi) is 4.14. The maximum atomic E-state index is 5.63. The van der Waals surface area contributed by atoms with Crippen LogP contribution in [0.3, 0.4) is 0 Å². The number of nitrogens with one attached hydrogen (secondary N) is 1. The van der Waals surface area contributed by atoms with Gasteiger partial charge in [-0.15, -0.1) is 11.3 Å². The largest absolute Gasteiger partial charge is 0.377 e. The lowest BCUT2D eigenvalue weighted by Gasteiger charge is -2.36. The number of hydrogen-bond donors (Lipinski definition) is 1. The van der Waals surface area contributed by atoms with Crippen LogP contribution in [0.5, 0.6) is 0 Å². The van der Waals surface area contributed by atoms with Gasteiger partial charge in [0.15, 0.2) is 0 Å². The molecular formula is C14H20N4OS. The van der Waals surface area contributed by atoms with Crippen molar-refractivity contribution < 1.29 is 4.74 Å². The van der Waals surface area contributed by atoms with E-state index in [2.05, 4.69) is 40.1 Å². The van der Waals surface area contributed by atoms with E-state index >= 15 is 0 Å². The summed E-state index contributed by atoms with van der Waals surface area (Å²) in [5.74, 6) is 1.05. The van der Waals surface area contributed by atoms with Gasteiger partial charge >= 0.3 is 0 Å². The zero-order valence-electron chi connectivity index (χ0n) is 11.9. The minimum atomic E-state index is 0.335. The summed E-state index contributed by atoms with van der Waals surface area (Å²) in [5.41, 5.74) is 0. The van der Waals surface area contributed by atoms with Crippen LogP contribution in [0.1, 0.15) is 11.8 Å². The monoisotopic (exact) mass is 292 g/mol. The Labute approximate surface area is 123 Å². The highest BCUT2D eigenvalue weighted by atomic mass is 32.1. The smallest absolute Gasteiger partial charge is 0.141 e. The van der Waals surface area contributed by atoms with Crippen LogP contribution in [0, 0.1) is 6.92 Å². The molecule has 0 saturated carbocycles. The van der Waals surface area contributed by atoms with Crippen LogP contribution in [-0.4, -0.2) is 48.9 Å². The van der Waals surface area contributed by atoms with Crippen LogP contribution in [0.25, 0.3) is 10.2 Å². The number of likely N-dealkylation sites (N-methyl/N-ethyl adjacent to an activating group) is 1. The first kappa shape index (κ1) is 13.7. The zero-order chi connectivity index (χ0) is 13.9. The molecule has 2 aromatic heterocycles. The average Bonchev–Trinajstić information content (AvgIpc) is 2.85. The van der Waals surface area contributed by atoms with Crippen molar-refractivity contribution in [1.82, 2.24) is 15.3 Å². The normalized spacial score (nSPS) is 19.7. The highest BCUT2D eigenvalue weighted by Gasteiger charge is 2.25. The van der Waals surface area contributed by atoms with E-state index in [0.29, 0.717) is 6.04 Å². The van der Waals surface area contributed by atoms with E-state index in [0.717, 1.165) is 43.5 Å². The van der Waals surface area contributed by atoms with Crippen LogP contribution in [0.15, 0.2) is 12.4 Å². The van der Waals surface area contributed by atoms with Gasteiger partial charge in [-0.05, 0) is 19.5 Å². The summed E-state index contributed by atoms with van der Waals surface area (Å²) in [5, 5.41) is 4.57. The molecule has 0 aliphatic carbocycles. The van der Waals surface area contributed by atoms with Gasteiger partial charge in [0.05, 0.1) is 24.6 Å². The summed E-state index contributed by atoms with van der Waals surface area (Å²) >= 11 is 1.72. The van der Waals surface area contributed by atoms with Crippen LogP contribution in [0.2, 0.25) is 0 Å². The number of ether oxygens (including phenoxy) is 1. The summed E-state index contributed by atoms with van der Waals surface area (Å²) in [6.07, 6.45) is 1.67. The number of aryl methyl sites for hydroxylation is 1. The lowest BCUT2D eigenvalue weighted by Crippen LogP contribution is -2.51. The molecule has 3 rings (SSSR count). The minimum absolute atomic E-state index is 0.335. The fourth-order valence-corrected chi connectivity index (χ4v) is 3.45. The van der Waals surface area contributed by atoms with Gasteiger partial charge in [0.2, 0.25) is 0 Å². The zero-order valence-corrected chi connectivity index (χ0v) is 12.7. The van der Waals surface area contributed by atoms with Crippen molar-refractivity contribution in [2.24, 2.45) is 0 Å². The minimum Gasteiger partial charge on any atom is -0.377 e. The number of anilines is 1. The highest BCUT2D eigenvalue weighted by molar-refractivity contribution is 7.18. The molecule has 108 valence electrons. The third-order valence-corrected chi connectivity index (χ3v) is 4.52. The molecule has 6 heteroatoms. The van der Waals surface area contributed by atoms with Gasteiger partial charge in [0.1, 0.15) is 17.0 Å². The molecule has 3 heterocycles. The van der Waals surface area contributed by atoms with E-state index in [1.807, 2.05) is 0 Å². The van der Waals surface area contributed by atoms with Crippen LogP contribution < -0.4 is 10.2 Å². The Balaban J connectivity index is 1.94. The number of nitrogens with zero attached hydrogens (tertiary/aromatic N) is 3. The van der Waals surface area contributed by atoms with Crippen molar-refractivity contribution in [2.75, 3.05) is 37.7 Å². The van der Waals surface area contributed by atoms with E-state index in [1.165, 1.54) is 10.3 Å². The van der Waals surface area contributed by atoms with Crippen LogP contribution in [-0.2, 0) is 4.74 Å². The Hall–Kier alpha value is -1.24. The Morgan fingerprint density at radius 3 is 3.25 bits per heavy atom. The second-order valence-corrected chi connectivity index (χ2v) is 6.24. The second kappa shape index (κ2) is 6.03. The van der Waals surface area contributed by atoms with Gasteiger partial charge in [-0.25, -0.2) is 9.97 Å². The molecule has 2 aromatic rings. The topological polar surface area (TPSA) is 50.3 Å². The number of rotatable bonds is 4. The summed E-state index contributed by atoms with van der Waals surface area (Å²) in [4.78, 5) is 13.6. The first-order valence-corrected chi connectivity index (χ1v) is 7.87. The fourth-order valence-electron chi connectivity index (χ4n) is 2.61. The van der Waals surface area contributed by atoms with Gasteiger partial charge in [0, 0.05) is 18.0 Å². The number of morpholine rings is 1. The quantitative estimate of drug-likeness (QED) is 0.931. The summed E-state index contributed by atoms with van der Waals surface area (Å²) in [6.45, 7) is 8.53. The first-order valence-electron chi connectivity index (χ1n) is 7.06. The molecule has 1 unspecified atom stereocenters. The Morgan fingerprint density at radius 2 is 2.40 bits per heavy atom. The van der Waals surface area contributed by atoms with Gasteiger partial charge in [0.25, 0.3) is 0 Å². The molecule has 1 aliphatic rings. The summed E-state index contributed by atoms with van der Waals surface area (Å²) in [7, 11) is 0. The third kappa shape index (κ3) is 2.63. The van der Waals surface area contributed by atoms with E-state index in [9.17, 15) is 0 Å². The molecule has 1 saturated heterocycles. The predicted molar refractivity (Wildman–Crippen MR) is 82.6 cm³/mol. The summed E-state index contributed by atoms with van der Waals surface area (Å²) in [6, 6.07) is 2.52. The SMILES string of the molecule is CCNCC1COCCN1c1ncnc2sc(C)cc12. The van der Waals surface area contributed by atoms with E-state index in [1.54, 1.807) is 17.7 Å². The van der Waals surface area contributed by atoms with Crippen molar-refractivity contribution in [1.29, 1.82) is 0 Å². The average molecular weight is 292 g/mol. The molecule has 0 spiro atoms. The summed E-state index contributed by atoms with van der Waals surface area (Å²) < 4.78 is 5.63. The van der Waals surface area contributed by atoms with E-state index in [-0.39, 0.29) is 0 Å². The predicted octanol–water partition coefficient (Wildman–Crippen LogP) is 1.81. The lowest BCUT2D eigenvalue weighted by atomic mass is 10.2. The first-order chi connectivity index (χ1) is 9.79. The van der Waals surface area contributed by atoms with Crippen LogP contribution >= 0.6 is 11.3 Å². The van der Waals surface area contributed by atoms with Crippen molar-refractivity contribution in [2.45, 2.75) is 19.9 Å². The molecule has 0 aromatic carbocycles. The van der Waals surface area contributed by atoms with Crippen molar-refractivity contribution in [3.05, 3.63) is 17.3 Å². The van der Waals surface area contributed by atoms with Gasteiger partial charge in [-0.2, -0.15) is 0 Å².